The molecule has 4 heteroatoms. The van der Waals surface area contributed by atoms with E-state index >= 15 is 0 Å². The van der Waals surface area contributed by atoms with Crippen molar-refractivity contribution >= 4 is 0 Å². The molecule has 2 saturated heterocycles. The Morgan fingerprint density at radius 2 is 2.14 bits per heavy atom. The molecule has 2 aliphatic heterocycles. The molecule has 2 bridgehead atoms. The summed E-state index contributed by atoms with van der Waals surface area (Å²) < 4.78 is 6.06. The van der Waals surface area contributed by atoms with E-state index in [2.05, 4.69) is 44.2 Å². The fraction of sp³-hybridized carbons (Fsp3) is 0.667. The zero-order valence-corrected chi connectivity index (χ0v) is 13.4. The average molecular weight is 303 g/mol. The van der Waals surface area contributed by atoms with Crippen LogP contribution in [-0.2, 0) is 14.4 Å². The van der Waals surface area contributed by atoms with Gasteiger partial charge in [-0.1, -0.05) is 48.9 Å². The van der Waals surface area contributed by atoms with Crippen molar-refractivity contribution in [2.45, 2.75) is 50.9 Å². The second kappa shape index (κ2) is 5.60. The quantitative estimate of drug-likeness (QED) is 0.779. The van der Waals surface area contributed by atoms with Gasteiger partial charge in [0.1, 0.15) is 0 Å². The van der Waals surface area contributed by atoms with Crippen molar-refractivity contribution in [3.05, 3.63) is 35.9 Å². The van der Waals surface area contributed by atoms with Crippen LogP contribution in [0.25, 0.3) is 0 Å². The van der Waals surface area contributed by atoms with Gasteiger partial charge >= 0.3 is 0 Å². The molecule has 4 nitrogen and oxygen atoms in total. The molecule has 3 fully saturated rings. The van der Waals surface area contributed by atoms with E-state index in [9.17, 15) is 0 Å². The van der Waals surface area contributed by atoms with Gasteiger partial charge in [0.15, 0.2) is 6.29 Å². The summed E-state index contributed by atoms with van der Waals surface area (Å²) in [4.78, 5) is 11.9. The minimum absolute atomic E-state index is 0.0728. The van der Waals surface area contributed by atoms with Gasteiger partial charge < -0.3 is 4.74 Å². The monoisotopic (exact) mass is 303 g/mol. The van der Waals surface area contributed by atoms with E-state index in [1.165, 1.54) is 5.56 Å². The first-order valence-corrected chi connectivity index (χ1v) is 8.51. The molecule has 0 unspecified atom stereocenters. The first-order valence-electron chi connectivity index (χ1n) is 8.51. The van der Waals surface area contributed by atoms with E-state index in [4.69, 9.17) is 14.4 Å². The summed E-state index contributed by atoms with van der Waals surface area (Å²) in [7, 11) is 0. The first-order chi connectivity index (χ1) is 10.7. The van der Waals surface area contributed by atoms with Gasteiger partial charge in [0.05, 0.1) is 12.1 Å². The molecule has 4 rings (SSSR count). The summed E-state index contributed by atoms with van der Waals surface area (Å²) in [6.07, 6.45) is 3.14. The Morgan fingerprint density at radius 1 is 1.32 bits per heavy atom. The number of rotatable bonds is 5. The first kappa shape index (κ1) is 14.6. The van der Waals surface area contributed by atoms with E-state index in [0.29, 0.717) is 17.8 Å². The van der Waals surface area contributed by atoms with Crippen molar-refractivity contribution in [1.82, 2.24) is 5.23 Å². The molecule has 0 radical (unpaired) electrons. The Morgan fingerprint density at radius 3 is 2.91 bits per heavy atom. The van der Waals surface area contributed by atoms with Crippen LogP contribution in [0.3, 0.4) is 0 Å². The van der Waals surface area contributed by atoms with Crippen molar-refractivity contribution in [2.24, 2.45) is 11.8 Å². The summed E-state index contributed by atoms with van der Waals surface area (Å²) in [6.45, 7) is 5.98. The Bertz CT molecular complexity index is 522. The van der Waals surface area contributed by atoms with Crippen LogP contribution >= 0.6 is 0 Å². The van der Waals surface area contributed by atoms with Gasteiger partial charge in [-0.2, -0.15) is 0 Å². The highest BCUT2D eigenvalue weighted by atomic mass is 17.0. The molecule has 120 valence electrons. The normalized spacial score (nSPS) is 40.3. The van der Waals surface area contributed by atoms with Gasteiger partial charge in [-0.05, 0) is 25.3 Å². The highest BCUT2D eigenvalue weighted by molar-refractivity contribution is 5.29. The molecule has 5 atom stereocenters. The van der Waals surface area contributed by atoms with Crippen LogP contribution in [0.4, 0.5) is 0 Å². The number of nitrogens with zero attached hydrogens (tertiary/aromatic N) is 1. The lowest BCUT2D eigenvalue weighted by atomic mass is 9.76. The molecule has 1 aromatic carbocycles. The number of ether oxygens (including phenoxy) is 1. The van der Waals surface area contributed by atoms with Gasteiger partial charge in [0, 0.05) is 24.4 Å². The second-order valence-electron chi connectivity index (χ2n) is 6.96. The van der Waals surface area contributed by atoms with Crippen LogP contribution in [0, 0.1) is 11.8 Å². The zero-order valence-electron chi connectivity index (χ0n) is 13.4. The highest BCUT2D eigenvalue weighted by Crippen LogP contribution is 2.61. The van der Waals surface area contributed by atoms with E-state index in [1.54, 1.807) is 5.23 Å². The lowest BCUT2D eigenvalue weighted by molar-refractivity contribution is -0.455. The van der Waals surface area contributed by atoms with Crippen LogP contribution in [0.1, 0.15) is 44.6 Å². The molecule has 2 heterocycles. The number of hydrogen-bond donors (Lipinski definition) is 0. The molecule has 0 amide bonds. The minimum Gasteiger partial charge on any atom is -0.350 e. The molecule has 0 spiro atoms. The standard InChI is InChI=1S/C18H25NO3/c1-3-4-10-20-17-15-11-14-12-21-19(22-17)18(14,2)16(15)13-8-6-5-7-9-13/h5-9,14-17H,3-4,10-12H2,1-2H3/t14-,15-,16-,17-,18+/m1/s1. The molecular weight excluding hydrogens is 278 g/mol. The molecule has 1 aliphatic carbocycles. The van der Waals surface area contributed by atoms with E-state index in [1.807, 2.05) is 0 Å². The van der Waals surface area contributed by atoms with Crippen LogP contribution in [0.5, 0.6) is 0 Å². The maximum atomic E-state index is 6.06. The predicted octanol–water partition coefficient (Wildman–Crippen LogP) is 3.50. The summed E-state index contributed by atoms with van der Waals surface area (Å²) in [6, 6.07) is 10.8. The molecule has 1 saturated carbocycles. The number of fused-ring (bicyclic) bond motifs is 1. The van der Waals surface area contributed by atoms with Crippen molar-refractivity contribution < 1.29 is 14.4 Å². The third kappa shape index (κ3) is 2.05. The Hall–Kier alpha value is -0.940. The molecule has 3 aliphatic rings. The van der Waals surface area contributed by atoms with Crippen molar-refractivity contribution in [3.8, 4) is 0 Å². The molecule has 1 aromatic rings. The summed E-state index contributed by atoms with van der Waals surface area (Å²) in [5.41, 5.74) is 1.30. The Kier molecular flexibility index (Phi) is 3.73. The van der Waals surface area contributed by atoms with E-state index in [0.717, 1.165) is 32.5 Å². The fourth-order valence-corrected chi connectivity index (χ4v) is 4.51. The average Bonchev–Trinajstić information content (AvgIpc) is 2.95. The van der Waals surface area contributed by atoms with Crippen molar-refractivity contribution in [3.63, 3.8) is 0 Å². The Balaban J connectivity index is 1.64. The van der Waals surface area contributed by atoms with Crippen LogP contribution < -0.4 is 0 Å². The predicted molar refractivity (Wildman–Crippen MR) is 82.7 cm³/mol. The molecule has 22 heavy (non-hydrogen) atoms. The van der Waals surface area contributed by atoms with Crippen molar-refractivity contribution in [2.75, 3.05) is 13.2 Å². The second-order valence-corrected chi connectivity index (χ2v) is 6.96. The van der Waals surface area contributed by atoms with Gasteiger partial charge in [-0.15, -0.1) is 0 Å². The molecular formula is C18H25NO3. The smallest absolute Gasteiger partial charge is 0.183 e. The van der Waals surface area contributed by atoms with Gasteiger partial charge in [0.25, 0.3) is 0 Å². The van der Waals surface area contributed by atoms with Gasteiger partial charge in [-0.25, -0.2) is 4.84 Å². The summed E-state index contributed by atoms with van der Waals surface area (Å²) in [5, 5.41) is 1.76. The fourth-order valence-electron chi connectivity index (χ4n) is 4.51. The maximum absolute atomic E-state index is 6.06. The van der Waals surface area contributed by atoms with Crippen LogP contribution in [-0.4, -0.2) is 30.3 Å². The number of hydroxylamine groups is 2. The van der Waals surface area contributed by atoms with Gasteiger partial charge in [0.2, 0.25) is 0 Å². The third-order valence-corrected chi connectivity index (χ3v) is 5.72. The SMILES string of the molecule is CCCCO[C@@H]1ON2OC[C@H]3C[C@@H]1[C@@H](c1ccccc1)[C@]32C. The minimum atomic E-state index is -0.185. The lowest BCUT2D eigenvalue weighted by Gasteiger charge is -2.46. The van der Waals surface area contributed by atoms with E-state index < -0.39 is 0 Å². The zero-order chi connectivity index (χ0) is 15.2. The maximum Gasteiger partial charge on any atom is 0.183 e. The number of unbranched alkanes of at least 4 members (excludes halogenated alkanes) is 1. The number of hydrogen-bond acceptors (Lipinski definition) is 4. The summed E-state index contributed by atoms with van der Waals surface area (Å²) in [5.74, 6) is 1.33. The third-order valence-electron chi connectivity index (χ3n) is 5.72. The van der Waals surface area contributed by atoms with Gasteiger partial charge in [-0.3, -0.25) is 4.84 Å². The lowest BCUT2D eigenvalue weighted by Crippen LogP contribution is -2.54. The number of benzene rings is 1. The molecule has 0 aromatic heterocycles. The van der Waals surface area contributed by atoms with Crippen LogP contribution in [0.15, 0.2) is 30.3 Å². The largest absolute Gasteiger partial charge is 0.350 e. The topological polar surface area (TPSA) is 30.9 Å². The molecule has 0 N–H and O–H groups in total. The van der Waals surface area contributed by atoms with Crippen LogP contribution in [0.2, 0.25) is 0 Å². The van der Waals surface area contributed by atoms with E-state index in [-0.39, 0.29) is 11.8 Å². The van der Waals surface area contributed by atoms with Crippen molar-refractivity contribution in [1.29, 1.82) is 0 Å². The highest BCUT2D eigenvalue weighted by Gasteiger charge is 2.66. The Labute approximate surface area is 132 Å². The summed E-state index contributed by atoms with van der Waals surface area (Å²) >= 11 is 0.